The van der Waals surface area contributed by atoms with E-state index in [2.05, 4.69) is 10.5 Å². The molecule has 0 radical (unpaired) electrons. The van der Waals surface area contributed by atoms with Crippen molar-refractivity contribution in [1.29, 1.82) is 0 Å². The molecule has 1 amide bonds. The average Bonchev–Trinajstić information content (AvgIpc) is 2.88. The Morgan fingerprint density at radius 2 is 1.91 bits per heavy atom. The standard InChI is InChI=1S/C17H20N2O3/c1-11-6-5-7-12(2)16(11)19-17(20)14(4)22-18-10-15-9-8-13(3)21-15/h5-10,14H,1-4H3,(H,19,20)/b18-10-. The van der Waals surface area contributed by atoms with Gasteiger partial charge in [-0.2, -0.15) is 0 Å². The molecule has 0 spiro atoms. The zero-order chi connectivity index (χ0) is 16.1. The Hall–Kier alpha value is -2.56. The summed E-state index contributed by atoms with van der Waals surface area (Å²) in [6.45, 7) is 7.39. The van der Waals surface area contributed by atoms with E-state index in [1.165, 1.54) is 6.21 Å². The normalized spacial score (nSPS) is 12.4. The summed E-state index contributed by atoms with van der Waals surface area (Å²) >= 11 is 0. The summed E-state index contributed by atoms with van der Waals surface area (Å²) in [7, 11) is 0. The second-order valence-corrected chi connectivity index (χ2v) is 5.19. The van der Waals surface area contributed by atoms with E-state index >= 15 is 0 Å². The van der Waals surface area contributed by atoms with Gasteiger partial charge in [0.2, 0.25) is 6.10 Å². The maximum atomic E-state index is 12.1. The first-order valence-electron chi connectivity index (χ1n) is 7.10. The van der Waals surface area contributed by atoms with Crippen molar-refractivity contribution < 1.29 is 14.0 Å². The van der Waals surface area contributed by atoms with E-state index in [9.17, 15) is 4.79 Å². The van der Waals surface area contributed by atoms with Crippen LogP contribution >= 0.6 is 0 Å². The van der Waals surface area contributed by atoms with Gasteiger partial charge in [-0.05, 0) is 51.0 Å². The zero-order valence-electron chi connectivity index (χ0n) is 13.2. The van der Waals surface area contributed by atoms with Crippen molar-refractivity contribution in [2.24, 2.45) is 5.16 Å². The number of hydrogen-bond acceptors (Lipinski definition) is 4. The molecule has 0 fully saturated rings. The number of anilines is 1. The van der Waals surface area contributed by atoms with Gasteiger partial charge in [-0.1, -0.05) is 23.4 Å². The van der Waals surface area contributed by atoms with Crippen molar-refractivity contribution >= 4 is 17.8 Å². The Morgan fingerprint density at radius 3 is 2.50 bits per heavy atom. The Morgan fingerprint density at radius 1 is 1.23 bits per heavy atom. The smallest absolute Gasteiger partial charge is 0.268 e. The van der Waals surface area contributed by atoms with Crippen LogP contribution in [0, 0.1) is 20.8 Å². The molecule has 0 aliphatic heterocycles. The van der Waals surface area contributed by atoms with Gasteiger partial charge in [0, 0.05) is 5.69 Å². The molecule has 0 aliphatic carbocycles. The van der Waals surface area contributed by atoms with E-state index in [1.807, 2.05) is 45.0 Å². The molecule has 0 saturated heterocycles. The minimum Gasteiger partial charge on any atom is -0.460 e. The number of hydrogen-bond donors (Lipinski definition) is 1. The van der Waals surface area contributed by atoms with Crippen molar-refractivity contribution in [3.05, 3.63) is 53.0 Å². The molecule has 1 heterocycles. The number of nitrogens with one attached hydrogen (secondary N) is 1. The first kappa shape index (κ1) is 15.8. The predicted octanol–water partition coefficient (Wildman–Crippen LogP) is 3.58. The molecular weight excluding hydrogens is 280 g/mol. The summed E-state index contributed by atoms with van der Waals surface area (Å²) in [5.74, 6) is 1.13. The van der Waals surface area contributed by atoms with Gasteiger partial charge in [0.1, 0.15) is 17.7 Å². The van der Waals surface area contributed by atoms with Crippen LogP contribution in [0.1, 0.15) is 29.6 Å². The largest absolute Gasteiger partial charge is 0.460 e. The molecule has 2 rings (SSSR count). The van der Waals surface area contributed by atoms with Crippen molar-refractivity contribution in [2.45, 2.75) is 33.8 Å². The first-order valence-corrected chi connectivity index (χ1v) is 7.10. The Balaban J connectivity index is 1.93. The number of amides is 1. The molecule has 1 aromatic heterocycles. The lowest BCUT2D eigenvalue weighted by Gasteiger charge is -2.14. The van der Waals surface area contributed by atoms with Crippen LogP contribution in [0.25, 0.3) is 0 Å². The molecule has 5 heteroatoms. The molecule has 0 bridgehead atoms. The van der Waals surface area contributed by atoms with E-state index in [0.717, 1.165) is 22.6 Å². The van der Waals surface area contributed by atoms with E-state index < -0.39 is 6.10 Å². The predicted molar refractivity (Wildman–Crippen MR) is 86.1 cm³/mol. The van der Waals surface area contributed by atoms with Gasteiger partial charge in [0.05, 0.1) is 0 Å². The van der Waals surface area contributed by atoms with Crippen LogP contribution in [0.15, 0.2) is 39.9 Å². The van der Waals surface area contributed by atoms with Crippen LogP contribution in [0.4, 0.5) is 5.69 Å². The van der Waals surface area contributed by atoms with Gasteiger partial charge in [-0.25, -0.2) is 0 Å². The first-order chi connectivity index (χ1) is 10.5. The number of benzene rings is 1. The van der Waals surface area contributed by atoms with Crippen LogP contribution < -0.4 is 5.32 Å². The molecule has 0 aliphatic rings. The fourth-order valence-corrected chi connectivity index (χ4v) is 1.98. The summed E-state index contributed by atoms with van der Waals surface area (Å²) < 4.78 is 5.32. The number of carbonyl (C=O) groups is 1. The zero-order valence-corrected chi connectivity index (χ0v) is 13.2. The van der Waals surface area contributed by atoms with E-state index in [0.29, 0.717) is 5.76 Å². The average molecular weight is 300 g/mol. The topological polar surface area (TPSA) is 63.8 Å². The Labute approximate surface area is 130 Å². The molecule has 1 unspecified atom stereocenters. The summed E-state index contributed by atoms with van der Waals surface area (Å²) in [6.07, 6.45) is 0.738. The third-order valence-corrected chi connectivity index (χ3v) is 3.26. The molecule has 116 valence electrons. The maximum Gasteiger partial charge on any atom is 0.268 e. The van der Waals surface area contributed by atoms with Gasteiger partial charge in [0.15, 0.2) is 0 Å². The molecule has 1 atom stereocenters. The second kappa shape index (κ2) is 6.93. The fourth-order valence-electron chi connectivity index (χ4n) is 1.98. The maximum absolute atomic E-state index is 12.1. The molecule has 0 saturated carbocycles. The summed E-state index contributed by atoms with van der Waals surface area (Å²) in [6, 6.07) is 9.47. The van der Waals surface area contributed by atoms with E-state index in [4.69, 9.17) is 9.25 Å². The van der Waals surface area contributed by atoms with Crippen LogP contribution in [-0.2, 0) is 9.63 Å². The highest BCUT2D eigenvalue weighted by atomic mass is 16.6. The van der Waals surface area contributed by atoms with Gasteiger partial charge < -0.3 is 14.6 Å². The van der Waals surface area contributed by atoms with Crippen LogP contribution in [0.3, 0.4) is 0 Å². The van der Waals surface area contributed by atoms with E-state index in [1.54, 1.807) is 13.0 Å². The molecular formula is C17H20N2O3. The SMILES string of the molecule is Cc1ccc(/C=N\OC(C)C(=O)Nc2c(C)cccc2C)o1. The number of nitrogens with zero attached hydrogens (tertiary/aromatic N) is 1. The van der Waals surface area contributed by atoms with Gasteiger partial charge >= 0.3 is 0 Å². The van der Waals surface area contributed by atoms with Gasteiger partial charge in [0.25, 0.3) is 5.91 Å². The van der Waals surface area contributed by atoms with Gasteiger partial charge in [-0.15, -0.1) is 0 Å². The number of aryl methyl sites for hydroxylation is 3. The van der Waals surface area contributed by atoms with Crippen LogP contribution in [-0.4, -0.2) is 18.2 Å². The Bertz CT molecular complexity index is 669. The molecule has 22 heavy (non-hydrogen) atoms. The monoisotopic (exact) mass is 300 g/mol. The molecule has 2 aromatic rings. The molecule has 1 aromatic carbocycles. The van der Waals surface area contributed by atoms with Crippen molar-refractivity contribution in [1.82, 2.24) is 0 Å². The minimum absolute atomic E-state index is 0.245. The third-order valence-electron chi connectivity index (χ3n) is 3.26. The number of oxime groups is 1. The lowest BCUT2D eigenvalue weighted by Crippen LogP contribution is -2.27. The highest BCUT2D eigenvalue weighted by molar-refractivity contribution is 5.95. The van der Waals surface area contributed by atoms with E-state index in [-0.39, 0.29) is 5.91 Å². The molecule has 1 N–H and O–H groups in total. The van der Waals surface area contributed by atoms with Crippen molar-refractivity contribution in [2.75, 3.05) is 5.32 Å². The van der Waals surface area contributed by atoms with Crippen molar-refractivity contribution in [3.63, 3.8) is 0 Å². The Kier molecular flexibility index (Phi) is 4.99. The number of furan rings is 1. The fraction of sp³-hybridized carbons (Fsp3) is 0.294. The van der Waals surface area contributed by atoms with Crippen LogP contribution in [0.2, 0.25) is 0 Å². The van der Waals surface area contributed by atoms with Crippen molar-refractivity contribution in [3.8, 4) is 0 Å². The highest BCUT2D eigenvalue weighted by Crippen LogP contribution is 2.19. The summed E-state index contributed by atoms with van der Waals surface area (Å²) in [5, 5.41) is 6.65. The lowest BCUT2D eigenvalue weighted by molar-refractivity contribution is -0.126. The third kappa shape index (κ3) is 3.97. The molecule has 5 nitrogen and oxygen atoms in total. The summed E-state index contributed by atoms with van der Waals surface area (Å²) in [4.78, 5) is 17.3. The van der Waals surface area contributed by atoms with Gasteiger partial charge in [-0.3, -0.25) is 4.79 Å². The number of para-hydroxylation sites is 1. The minimum atomic E-state index is -0.702. The quantitative estimate of drug-likeness (QED) is 0.678. The number of carbonyl (C=O) groups excluding carboxylic acids is 1. The number of rotatable bonds is 5. The summed E-state index contributed by atoms with van der Waals surface area (Å²) in [5.41, 5.74) is 2.83. The highest BCUT2D eigenvalue weighted by Gasteiger charge is 2.16. The second-order valence-electron chi connectivity index (χ2n) is 5.19. The van der Waals surface area contributed by atoms with Crippen LogP contribution in [0.5, 0.6) is 0 Å². The lowest BCUT2D eigenvalue weighted by atomic mass is 10.1.